The van der Waals surface area contributed by atoms with Crippen molar-refractivity contribution in [2.75, 3.05) is 46.4 Å². The van der Waals surface area contributed by atoms with Gasteiger partial charge in [0.05, 0.1) is 0 Å². The summed E-state index contributed by atoms with van der Waals surface area (Å²) in [6.07, 6.45) is 1.40. The third-order valence-electron chi connectivity index (χ3n) is 5.11. The molecule has 158 valence electrons. The van der Waals surface area contributed by atoms with Crippen molar-refractivity contribution in [3.63, 3.8) is 0 Å². The lowest BCUT2D eigenvalue weighted by atomic mass is 10.2. The Morgan fingerprint density at radius 3 is 2.43 bits per heavy atom. The fraction of sp³-hybridized carbons (Fsp3) is 0.348. The Labute approximate surface area is 190 Å². The van der Waals surface area contributed by atoms with Crippen LogP contribution in [-0.4, -0.2) is 61.9 Å². The van der Waals surface area contributed by atoms with Crippen molar-refractivity contribution < 1.29 is 14.3 Å². The van der Waals surface area contributed by atoms with Crippen LogP contribution in [0, 0.1) is 0 Å². The molecule has 0 amide bonds. The molecule has 0 aromatic heterocycles. The van der Waals surface area contributed by atoms with Crippen molar-refractivity contribution in [2.45, 2.75) is 11.3 Å². The molecule has 0 bridgehead atoms. The summed E-state index contributed by atoms with van der Waals surface area (Å²) in [6.45, 7) is 5.72. The van der Waals surface area contributed by atoms with E-state index in [1.807, 2.05) is 42.3 Å². The Balaban J connectivity index is 0.000000185. The van der Waals surface area contributed by atoms with E-state index in [9.17, 15) is 4.79 Å². The molecule has 30 heavy (non-hydrogen) atoms. The molecule has 0 unspecified atom stereocenters. The number of hydrogen-bond acceptors (Lipinski definition) is 6. The predicted octanol–water partition coefficient (Wildman–Crippen LogP) is 4.21. The first-order valence-corrected chi connectivity index (χ1v) is 11.6. The number of hydrogen-bond donors (Lipinski definition) is 0. The van der Waals surface area contributed by atoms with E-state index < -0.39 is 0 Å². The maximum absolute atomic E-state index is 10.1. The highest BCUT2D eigenvalue weighted by molar-refractivity contribution is 9.10. The van der Waals surface area contributed by atoms with Crippen molar-refractivity contribution >= 4 is 34.2 Å². The van der Waals surface area contributed by atoms with Gasteiger partial charge in [0.25, 0.3) is 0 Å². The zero-order chi connectivity index (χ0) is 20.9. The van der Waals surface area contributed by atoms with Crippen LogP contribution in [0.2, 0.25) is 0 Å². The third kappa shape index (κ3) is 5.46. The SMILES string of the molecule is CN1CC2=C(C1)CN(Sc1ccc3c(c1)OCCO3)C2.O=CCc1cccc(Br)c1. The number of ether oxygens (including phenoxy) is 2. The summed E-state index contributed by atoms with van der Waals surface area (Å²) in [5, 5.41) is 0. The number of likely N-dealkylation sites (N-methyl/N-ethyl adjacent to an activating group) is 1. The lowest BCUT2D eigenvalue weighted by molar-refractivity contribution is -0.107. The monoisotopic (exact) mass is 488 g/mol. The molecule has 2 aromatic carbocycles. The summed E-state index contributed by atoms with van der Waals surface area (Å²) in [5.41, 5.74) is 4.26. The summed E-state index contributed by atoms with van der Waals surface area (Å²) in [4.78, 5) is 13.7. The molecule has 5 rings (SSSR count). The summed E-state index contributed by atoms with van der Waals surface area (Å²) >= 11 is 5.14. The van der Waals surface area contributed by atoms with Crippen molar-refractivity contribution in [2.24, 2.45) is 0 Å². The van der Waals surface area contributed by atoms with E-state index >= 15 is 0 Å². The van der Waals surface area contributed by atoms with Crippen LogP contribution in [-0.2, 0) is 11.2 Å². The molecule has 3 heterocycles. The molecule has 0 saturated carbocycles. The van der Waals surface area contributed by atoms with Crippen molar-refractivity contribution in [3.05, 3.63) is 63.6 Å². The average Bonchev–Trinajstić information content (AvgIpc) is 3.25. The van der Waals surface area contributed by atoms with Crippen LogP contribution in [0.4, 0.5) is 0 Å². The molecule has 3 aliphatic heterocycles. The van der Waals surface area contributed by atoms with E-state index in [-0.39, 0.29) is 0 Å². The molecule has 2 aromatic rings. The van der Waals surface area contributed by atoms with Gasteiger partial charge >= 0.3 is 0 Å². The van der Waals surface area contributed by atoms with E-state index in [1.54, 1.807) is 11.1 Å². The molecule has 7 heteroatoms. The minimum Gasteiger partial charge on any atom is -0.486 e. The zero-order valence-corrected chi connectivity index (χ0v) is 19.4. The number of rotatable bonds is 4. The van der Waals surface area contributed by atoms with Crippen LogP contribution in [0.15, 0.2) is 63.0 Å². The summed E-state index contributed by atoms with van der Waals surface area (Å²) in [6, 6.07) is 14.0. The van der Waals surface area contributed by atoms with Crippen molar-refractivity contribution in [1.82, 2.24) is 9.21 Å². The van der Waals surface area contributed by atoms with Gasteiger partial charge in [-0.2, -0.15) is 0 Å². The first kappa shape index (κ1) is 21.4. The van der Waals surface area contributed by atoms with Gasteiger partial charge < -0.3 is 14.3 Å². The first-order chi connectivity index (χ1) is 14.6. The fourth-order valence-corrected chi connectivity index (χ4v) is 5.26. The molecule has 0 saturated heterocycles. The Kier molecular flexibility index (Phi) is 7.15. The van der Waals surface area contributed by atoms with Crippen LogP contribution in [0.25, 0.3) is 0 Å². The van der Waals surface area contributed by atoms with Gasteiger partial charge in [0.1, 0.15) is 19.5 Å². The second-order valence-corrected chi connectivity index (χ2v) is 9.66. The molecule has 0 spiro atoms. The number of benzene rings is 2. The van der Waals surface area contributed by atoms with E-state index in [0.717, 1.165) is 54.0 Å². The van der Waals surface area contributed by atoms with Gasteiger partial charge in [-0.25, -0.2) is 4.31 Å². The maximum atomic E-state index is 10.1. The zero-order valence-electron chi connectivity index (χ0n) is 17.0. The van der Waals surface area contributed by atoms with Gasteiger partial charge in [-0.15, -0.1) is 0 Å². The molecule has 3 aliphatic rings. The highest BCUT2D eigenvalue weighted by Gasteiger charge is 2.28. The van der Waals surface area contributed by atoms with E-state index in [4.69, 9.17) is 9.47 Å². The van der Waals surface area contributed by atoms with E-state index in [1.165, 1.54) is 4.90 Å². The molecular formula is C23H25BrN2O3S. The quantitative estimate of drug-likeness (QED) is 0.364. The van der Waals surface area contributed by atoms with Gasteiger partial charge in [-0.05, 0) is 66.0 Å². The maximum Gasteiger partial charge on any atom is 0.162 e. The lowest BCUT2D eigenvalue weighted by Crippen LogP contribution is -2.23. The second kappa shape index (κ2) is 10.0. The largest absolute Gasteiger partial charge is 0.486 e. The normalized spacial score (nSPS) is 18.1. The van der Waals surface area contributed by atoms with Gasteiger partial charge in [0, 0.05) is 42.0 Å². The van der Waals surface area contributed by atoms with Crippen LogP contribution >= 0.6 is 27.9 Å². The van der Waals surface area contributed by atoms with Gasteiger partial charge in [-0.3, -0.25) is 4.90 Å². The van der Waals surface area contributed by atoms with Crippen LogP contribution < -0.4 is 9.47 Å². The Hall–Kier alpha value is -1.80. The Bertz CT molecular complexity index is 932. The van der Waals surface area contributed by atoms with Gasteiger partial charge in [0.15, 0.2) is 11.5 Å². The Morgan fingerprint density at radius 1 is 1.00 bits per heavy atom. The highest BCUT2D eigenvalue weighted by Crippen LogP contribution is 2.37. The molecular weight excluding hydrogens is 464 g/mol. The first-order valence-electron chi connectivity index (χ1n) is 9.99. The smallest absolute Gasteiger partial charge is 0.162 e. The average molecular weight is 489 g/mol. The molecule has 5 nitrogen and oxygen atoms in total. The summed E-state index contributed by atoms with van der Waals surface area (Å²) in [7, 11) is 2.19. The van der Waals surface area contributed by atoms with Gasteiger partial charge in [-0.1, -0.05) is 28.1 Å². The highest BCUT2D eigenvalue weighted by atomic mass is 79.9. The summed E-state index contributed by atoms with van der Waals surface area (Å²) < 4.78 is 14.7. The van der Waals surface area contributed by atoms with Crippen LogP contribution in [0.1, 0.15) is 5.56 Å². The molecule has 0 aliphatic carbocycles. The number of fused-ring (bicyclic) bond motifs is 1. The van der Waals surface area contributed by atoms with E-state index in [2.05, 4.69) is 44.3 Å². The topological polar surface area (TPSA) is 42.0 Å². The summed E-state index contributed by atoms with van der Waals surface area (Å²) in [5.74, 6) is 1.74. The second-order valence-electron chi connectivity index (χ2n) is 7.57. The van der Waals surface area contributed by atoms with Crippen LogP contribution in [0.3, 0.4) is 0 Å². The molecule has 0 atom stereocenters. The standard InChI is InChI=1S/C15H18N2O2S.C8H7BrO/c1-16-7-11-9-17(10-12(11)8-16)20-13-2-3-14-15(6-13)19-5-4-18-14;9-8-3-1-2-7(6-8)4-5-10/h2-3,6H,4-5,7-10H2,1H3;1-3,5-6H,4H2. The minimum atomic E-state index is 0.499. The fourth-order valence-electron chi connectivity index (χ4n) is 3.79. The third-order valence-corrected chi connectivity index (χ3v) is 6.59. The number of nitrogens with zero attached hydrogens (tertiary/aromatic N) is 2. The number of halogens is 1. The Morgan fingerprint density at radius 2 is 1.73 bits per heavy atom. The number of carbonyl (C=O) groups is 1. The van der Waals surface area contributed by atoms with Gasteiger partial charge in [0.2, 0.25) is 0 Å². The lowest BCUT2D eigenvalue weighted by Gasteiger charge is -2.21. The molecule has 0 N–H and O–H groups in total. The van der Waals surface area contributed by atoms with Crippen molar-refractivity contribution in [1.29, 1.82) is 0 Å². The molecule has 0 radical (unpaired) electrons. The number of aldehydes is 1. The predicted molar refractivity (Wildman–Crippen MR) is 123 cm³/mol. The number of carbonyl (C=O) groups excluding carboxylic acids is 1. The van der Waals surface area contributed by atoms with E-state index in [0.29, 0.717) is 19.6 Å². The van der Waals surface area contributed by atoms with Crippen molar-refractivity contribution in [3.8, 4) is 11.5 Å². The minimum absolute atomic E-state index is 0.499. The van der Waals surface area contributed by atoms with Crippen LogP contribution in [0.5, 0.6) is 11.5 Å². The molecule has 0 fully saturated rings.